The van der Waals surface area contributed by atoms with Crippen LogP contribution in [0.5, 0.6) is 0 Å². The van der Waals surface area contributed by atoms with Gasteiger partial charge in [0.25, 0.3) is 0 Å². The first-order valence-corrected chi connectivity index (χ1v) is 7.00. The Kier molecular flexibility index (Phi) is 3.52. The fourth-order valence-electron chi connectivity index (χ4n) is 2.84. The summed E-state index contributed by atoms with van der Waals surface area (Å²) in [5, 5.41) is 9.94. The van der Waals surface area contributed by atoms with Crippen LogP contribution >= 0.6 is 0 Å². The predicted octanol–water partition coefficient (Wildman–Crippen LogP) is -0.0249. The van der Waals surface area contributed by atoms with Crippen molar-refractivity contribution in [3.05, 3.63) is 12.4 Å². The second-order valence-corrected chi connectivity index (χ2v) is 5.36. The first-order chi connectivity index (χ1) is 9.25. The average Bonchev–Trinajstić information content (AvgIpc) is 2.96. The van der Waals surface area contributed by atoms with E-state index < -0.39 is 6.10 Å². The Hall–Kier alpha value is -1.40. The van der Waals surface area contributed by atoms with Crippen LogP contribution in [0.25, 0.3) is 0 Å². The summed E-state index contributed by atoms with van der Waals surface area (Å²) < 4.78 is 0. The summed E-state index contributed by atoms with van der Waals surface area (Å²) in [5.41, 5.74) is 5.86. The van der Waals surface area contributed by atoms with Crippen LogP contribution in [0.1, 0.15) is 19.3 Å². The van der Waals surface area contributed by atoms with Crippen LogP contribution in [0.3, 0.4) is 0 Å². The van der Waals surface area contributed by atoms with Crippen LogP contribution in [0.2, 0.25) is 0 Å². The van der Waals surface area contributed by atoms with E-state index in [9.17, 15) is 5.11 Å². The maximum absolute atomic E-state index is 9.94. The molecule has 2 aliphatic heterocycles. The molecule has 2 saturated heterocycles. The summed E-state index contributed by atoms with van der Waals surface area (Å²) in [7, 11) is 0. The van der Waals surface area contributed by atoms with Gasteiger partial charge in [0.2, 0.25) is 0 Å². The number of hydrogen-bond acceptors (Lipinski definition) is 6. The van der Waals surface area contributed by atoms with Crippen LogP contribution in [0.4, 0.5) is 11.6 Å². The number of rotatable bonds is 2. The van der Waals surface area contributed by atoms with E-state index in [0.717, 1.165) is 37.7 Å². The minimum absolute atomic E-state index is 0.122. The van der Waals surface area contributed by atoms with E-state index in [1.165, 1.54) is 12.8 Å². The topological polar surface area (TPSA) is 78.5 Å². The Morgan fingerprint density at radius 3 is 2.32 bits per heavy atom. The van der Waals surface area contributed by atoms with Crippen LogP contribution in [0, 0.1) is 0 Å². The van der Waals surface area contributed by atoms with Crippen molar-refractivity contribution in [3.63, 3.8) is 0 Å². The molecule has 3 heterocycles. The second kappa shape index (κ2) is 5.30. The summed E-state index contributed by atoms with van der Waals surface area (Å²) >= 11 is 0. The quantitative estimate of drug-likeness (QED) is 0.780. The fourth-order valence-corrected chi connectivity index (χ4v) is 2.84. The Morgan fingerprint density at radius 1 is 1.05 bits per heavy atom. The highest BCUT2D eigenvalue weighted by molar-refractivity contribution is 5.62. The number of aliphatic hydroxyl groups is 1. The lowest BCUT2D eigenvalue weighted by molar-refractivity contribution is 0.131. The standard InChI is InChI=1S/C13H21N5O/c14-10-3-8-18(9-11(10)19)13-12(15-4-5-16-13)17-6-1-2-7-17/h4-5,10-11,19H,1-3,6-9,14H2/t10-,11-/m1/s1. The van der Waals surface area contributed by atoms with Gasteiger partial charge in [0.15, 0.2) is 11.6 Å². The summed E-state index contributed by atoms with van der Waals surface area (Å²) in [4.78, 5) is 13.4. The molecule has 2 fully saturated rings. The molecule has 0 radical (unpaired) electrons. The summed E-state index contributed by atoms with van der Waals surface area (Å²) in [6.45, 7) is 3.46. The molecule has 0 unspecified atom stereocenters. The molecule has 6 heteroatoms. The first-order valence-electron chi connectivity index (χ1n) is 7.00. The van der Waals surface area contributed by atoms with Gasteiger partial charge in [0, 0.05) is 44.6 Å². The molecule has 3 rings (SSSR count). The highest BCUT2D eigenvalue weighted by Crippen LogP contribution is 2.29. The van der Waals surface area contributed by atoms with Gasteiger partial charge >= 0.3 is 0 Å². The van der Waals surface area contributed by atoms with E-state index in [4.69, 9.17) is 5.73 Å². The van der Waals surface area contributed by atoms with Crippen molar-refractivity contribution in [1.29, 1.82) is 0 Å². The van der Waals surface area contributed by atoms with E-state index in [-0.39, 0.29) is 6.04 Å². The number of piperidine rings is 1. The van der Waals surface area contributed by atoms with Gasteiger partial charge < -0.3 is 20.6 Å². The Bertz CT molecular complexity index is 435. The van der Waals surface area contributed by atoms with Gasteiger partial charge in [0.05, 0.1) is 6.10 Å². The maximum atomic E-state index is 9.94. The Morgan fingerprint density at radius 2 is 1.68 bits per heavy atom. The molecule has 0 spiro atoms. The van der Waals surface area contributed by atoms with E-state index in [2.05, 4.69) is 19.8 Å². The molecule has 2 atom stereocenters. The SMILES string of the molecule is N[C@@H]1CCN(c2nccnc2N2CCCC2)C[C@H]1O. The molecule has 1 aromatic heterocycles. The lowest BCUT2D eigenvalue weighted by Crippen LogP contribution is -2.51. The third-order valence-electron chi connectivity index (χ3n) is 4.00. The lowest BCUT2D eigenvalue weighted by atomic mass is 10.0. The first kappa shape index (κ1) is 12.6. The van der Waals surface area contributed by atoms with Crippen LogP contribution in [0.15, 0.2) is 12.4 Å². The molecule has 19 heavy (non-hydrogen) atoms. The van der Waals surface area contributed by atoms with Gasteiger partial charge in [-0.15, -0.1) is 0 Å². The van der Waals surface area contributed by atoms with Gasteiger partial charge in [-0.05, 0) is 19.3 Å². The Labute approximate surface area is 113 Å². The third-order valence-corrected chi connectivity index (χ3v) is 4.00. The summed E-state index contributed by atoms with van der Waals surface area (Å²) in [5.74, 6) is 1.83. The molecule has 0 saturated carbocycles. The van der Waals surface area contributed by atoms with Gasteiger partial charge in [-0.1, -0.05) is 0 Å². The minimum atomic E-state index is -0.484. The molecule has 0 amide bonds. The molecular weight excluding hydrogens is 242 g/mol. The molecule has 0 aliphatic carbocycles. The summed E-state index contributed by atoms with van der Waals surface area (Å²) in [6, 6.07) is -0.122. The monoisotopic (exact) mass is 263 g/mol. The number of nitrogens with two attached hydrogens (primary N) is 1. The highest BCUT2D eigenvalue weighted by atomic mass is 16.3. The van der Waals surface area contributed by atoms with E-state index in [1.54, 1.807) is 12.4 Å². The van der Waals surface area contributed by atoms with E-state index in [0.29, 0.717) is 6.54 Å². The van der Waals surface area contributed by atoms with Gasteiger partial charge in [0.1, 0.15) is 0 Å². The van der Waals surface area contributed by atoms with Crippen LogP contribution < -0.4 is 15.5 Å². The number of anilines is 2. The van der Waals surface area contributed by atoms with Gasteiger partial charge in [-0.25, -0.2) is 9.97 Å². The zero-order valence-corrected chi connectivity index (χ0v) is 11.1. The van der Waals surface area contributed by atoms with Crippen molar-refractivity contribution >= 4 is 11.6 Å². The van der Waals surface area contributed by atoms with Crippen molar-refractivity contribution < 1.29 is 5.11 Å². The number of β-amino-alcohol motifs (C(OH)–C–C–N with tert-alkyl or cyclic N) is 1. The zero-order chi connectivity index (χ0) is 13.2. The largest absolute Gasteiger partial charge is 0.390 e. The molecule has 2 aliphatic rings. The third kappa shape index (κ3) is 2.50. The van der Waals surface area contributed by atoms with Crippen molar-refractivity contribution in [1.82, 2.24) is 9.97 Å². The molecular formula is C13H21N5O. The normalized spacial score (nSPS) is 27.9. The van der Waals surface area contributed by atoms with Crippen molar-refractivity contribution in [3.8, 4) is 0 Å². The number of hydrogen-bond donors (Lipinski definition) is 2. The molecule has 0 bridgehead atoms. The second-order valence-electron chi connectivity index (χ2n) is 5.36. The number of nitrogens with zero attached hydrogens (tertiary/aromatic N) is 4. The van der Waals surface area contributed by atoms with Crippen molar-refractivity contribution in [2.24, 2.45) is 5.73 Å². The minimum Gasteiger partial charge on any atom is -0.390 e. The predicted molar refractivity (Wildman–Crippen MR) is 74.3 cm³/mol. The maximum Gasteiger partial charge on any atom is 0.172 e. The number of aliphatic hydroxyl groups excluding tert-OH is 1. The average molecular weight is 263 g/mol. The molecule has 3 N–H and O–H groups in total. The molecule has 6 nitrogen and oxygen atoms in total. The molecule has 0 aromatic carbocycles. The van der Waals surface area contributed by atoms with E-state index >= 15 is 0 Å². The number of aromatic nitrogens is 2. The fraction of sp³-hybridized carbons (Fsp3) is 0.692. The highest BCUT2D eigenvalue weighted by Gasteiger charge is 2.28. The van der Waals surface area contributed by atoms with Crippen molar-refractivity contribution in [2.45, 2.75) is 31.4 Å². The van der Waals surface area contributed by atoms with Gasteiger partial charge in [-0.2, -0.15) is 0 Å². The molecule has 1 aromatic rings. The van der Waals surface area contributed by atoms with E-state index in [1.807, 2.05) is 0 Å². The van der Waals surface area contributed by atoms with Crippen molar-refractivity contribution in [2.75, 3.05) is 36.0 Å². The lowest BCUT2D eigenvalue weighted by Gasteiger charge is -2.36. The molecule has 104 valence electrons. The zero-order valence-electron chi connectivity index (χ0n) is 11.1. The summed E-state index contributed by atoms with van der Waals surface area (Å²) in [6.07, 6.45) is 6.19. The van der Waals surface area contributed by atoms with Crippen LogP contribution in [-0.2, 0) is 0 Å². The van der Waals surface area contributed by atoms with Crippen LogP contribution in [-0.4, -0.2) is 53.4 Å². The smallest absolute Gasteiger partial charge is 0.172 e. The Balaban J connectivity index is 1.83. The van der Waals surface area contributed by atoms with Gasteiger partial charge in [-0.3, -0.25) is 0 Å².